The molecule has 0 aromatic heterocycles. The van der Waals surface area contributed by atoms with Crippen molar-refractivity contribution in [3.63, 3.8) is 0 Å². The molecule has 0 radical (unpaired) electrons. The van der Waals surface area contributed by atoms with Gasteiger partial charge in [0, 0.05) is 19.3 Å². The Hall–Kier alpha value is -2.89. The number of carbonyl (C=O) groups is 3. The molecular formula is C75H136O6. The summed E-state index contributed by atoms with van der Waals surface area (Å²) in [7, 11) is 0. The normalized spacial score (nSPS) is 12.4. The molecule has 0 spiro atoms. The molecule has 0 aliphatic heterocycles. The smallest absolute Gasteiger partial charge is 0.306 e. The van der Waals surface area contributed by atoms with Crippen molar-refractivity contribution in [2.24, 2.45) is 0 Å². The van der Waals surface area contributed by atoms with Gasteiger partial charge in [-0.2, -0.15) is 0 Å². The molecule has 0 heterocycles. The highest BCUT2D eigenvalue weighted by Gasteiger charge is 2.19. The van der Waals surface area contributed by atoms with E-state index in [2.05, 4.69) is 81.5 Å². The molecule has 472 valence electrons. The number of hydrogen-bond acceptors (Lipinski definition) is 6. The van der Waals surface area contributed by atoms with Gasteiger partial charge in [-0.3, -0.25) is 14.4 Å². The van der Waals surface area contributed by atoms with Gasteiger partial charge >= 0.3 is 17.9 Å². The first kappa shape index (κ1) is 78.1. The highest BCUT2D eigenvalue weighted by atomic mass is 16.6. The quantitative estimate of drug-likeness (QED) is 0.0261. The molecule has 0 aromatic rings. The van der Waals surface area contributed by atoms with E-state index < -0.39 is 6.10 Å². The van der Waals surface area contributed by atoms with Crippen molar-refractivity contribution in [1.29, 1.82) is 0 Å². The van der Waals surface area contributed by atoms with Crippen molar-refractivity contribution in [3.8, 4) is 0 Å². The van der Waals surface area contributed by atoms with Gasteiger partial charge in [0.05, 0.1) is 0 Å². The lowest BCUT2D eigenvalue weighted by molar-refractivity contribution is -0.167. The minimum atomic E-state index is -0.773. The molecule has 6 heteroatoms. The van der Waals surface area contributed by atoms with E-state index in [0.29, 0.717) is 19.3 Å². The largest absolute Gasteiger partial charge is 0.462 e. The van der Waals surface area contributed by atoms with Crippen LogP contribution in [0.15, 0.2) is 60.8 Å². The van der Waals surface area contributed by atoms with Gasteiger partial charge in [-0.15, -0.1) is 0 Å². The van der Waals surface area contributed by atoms with Crippen LogP contribution < -0.4 is 0 Å². The molecule has 0 aromatic carbocycles. The van der Waals surface area contributed by atoms with Crippen LogP contribution in [0.3, 0.4) is 0 Å². The maximum atomic E-state index is 12.9. The van der Waals surface area contributed by atoms with Crippen LogP contribution in [0.4, 0.5) is 0 Å². The molecule has 81 heavy (non-hydrogen) atoms. The average Bonchev–Trinajstić information content (AvgIpc) is 3.47. The molecule has 0 saturated carbocycles. The Balaban J connectivity index is 4.04. The van der Waals surface area contributed by atoms with Crippen LogP contribution >= 0.6 is 0 Å². The zero-order valence-corrected chi connectivity index (χ0v) is 54.3. The first-order valence-electron chi connectivity index (χ1n) is 35.8. The maximum Gasteiger partial charge on any atom is 0.306 e. The first-order chi connectivity index (χ1) is 40.0. The van der Waals surface area contributed by atoms with Gasteiger partial charge in [0.15, 0.2) is 6.10 Å². The molecule has 0 aliphatic carbocycles. The Morgan fingerprint density at radius 3 is 0.802 bits per heavy atom. The number of ether oxygens (including phenoxy) is 3. The molecule has 0 fully saturated rings. The Labute approximate surface area is 504 Å². The molecule has 0 rings (SSSR count). The summed E-state index contributed by atoms with van der Waals surface area (Å²) in [6.45, 7) is 6.54. The predicted molar refractivity (Wildman–Crippen MR) is 353 cm³/mol. The summed E-state index contributed by atoms with van der Waals surface area (Å²) in [6, 6.07) is 0. The Kier molecular flexibility index (Phi) is 67.1. The van der Waals surface area contributed by atoms with Crippen molar-refractivity contribution < 1.29 is 28.6 Å². The summed E-state index contributed by atoms with van der Waals surface area (Å²) in [4.78, 5) is 38.3. The van der Waals surface area contributed by atoms with Crippen LogP contribution in [0.2, 0.25) is 0 Å². The van der Waals surface area contributed by atoms with E-state index in [-0.39, 0.29) is 31.1 Å². The average molecular weight is 1130 g/mol. The SMILES string of the molecule is CC/C=C\C/C=C\C/C=C\C/C=C\CCCCCCCCCCCCCCCCCCCCCCCCC(=O)OCC(COC(=O)CCCCCCC/C=C\CCCC)OC(=O)CCCCCCCCCCCCCCCCCCC. The van der Waals surface area contributed by atoms with Gasteiger partial charge in [-0.25, -0.2) is 0 Å². The monoisotopic (exact) mass is 1130 g/mol. The van der Waals surface area contributed by atoms with Crippen LogP contribution in [0, 0.1) is 0 Å². The number of esters is 3. The lowest BCUT2D eigenvalue weighted by Gasteiger charge is -2.18. The van der Waals surface area contributed by atoms with Crippen LogP contribution in [0.5, 0.6) is 0 Å². The van der Waals surface area contributed by atoms with Crippen LogP contribution in [0.25, 0.3) is 0 Å². The molecule has 1 unspecified atom stereocenters. The van der Waals surface area contributed by atoms with Crippen LogP contribution in [-0.2, 0) is 28.6 Å². The second kappa shape index (κ2) is 69.6. The third kappa shape index (κ3) is 67.8. The summed E-state index contributed by atoms with van der Waals surface area (Å²) >= 11 is 0. The second-order valence-corrected chi connectivity index (χ2v) is 24.1. The summed E-state index contributed by atoms with van der Waals surface area (Å²) in [5.74, 6) is -0.854. The number of hydrogen-bond donors (Lipinski definition) is 0. The molecule has 6 nitrogen and oxygen atoms in total. The molecule has 0 bridgehead atoms. The molecule has 0 N–H and O–H groups in total. The fourth-order valence-electron chi connectivity index (χ4n) is 10.7. The minimum Gasteiger partial charge on any atom is -0.462 e. The Bertz CT molecular complexity index is 1440. The lowest BCUT2D eigenvalue weighted by Crippen LogP contribution is -2.30. The van der Waals surface area contributed by atoms with Crippen molar-refractivity contribution in [1.82, 2.24) is 0 Å². The summed E-state index contributed by atoms with van der Waals surface area (Å²) in [5.41, 5.74) is 0. The molecule has 0 aliphatic rings. The van der Waals surface area contributed by atoms with Gasteiger partial charge in [0.25, 0.3) is 0 Å². The summed E-state index contributed by atoms with van der Waals surface area (Å²) in [5, 5.41) is 0. The Morgan fingerprint density at radius 1 is 0.259 bits per heavy atom. The standard InChI is InChI=1S/C75H136O6/c1-4-7-10-13-16-19-22-24-26-28-29-30-31-32-33-34-35-36-37-38-39-40-41-42-43-44-45-47-48-50-53-56-59-62-65-68-74(77)80-71-72(70-79-73(76)67-64-61-58-55-52-21-18-15-12-9-6-3)81-75(78)69-66-63-60-57-54-51-49-46-27-25-23-20-17-14-11-8-5-2/h7,10,15-16,18-19,24,26,29-30,72H,4-6,8-9,11-14,17,20-23,25,27-28,31-71H2,1-3H3/b10-7-,18-15-,19-16-,26-24-,30-29-. The summed E-state index contributed by atoms with van der Waals surface area (Å²) < 4.78 is 16.9. The second-order valence-electron chi connectivity index (χ2n) is 24.1. The van der Waals surface area contributed by atoms with Crippen molar-refractivity contribution in [3.05, 3.63) is 60.8 Å². The lowest BCUT2D eigenvalue weighted by atomic mass is 10.0. The van der Waals surface area contributed by atoms with E-state index in [1.165, 1.54) is 250 Å². The highest BCUT2D eigenvalue weighted by Crippen LogP contribution is 2.19. The van der Waals surface area contributed by atoms with Crippen molar-refractivity contribution in [2.75, 3.05) is 13.2 Å². The third-order valence-electron chi connectivity index (χ3n) is 16.0. The third-order valence-corrected chi connectivity index (χ3v) is 16.0. The van der Waals surface area contributed by atoms with Gasteiger partial charge in [-0.05, 0) is 77.0 Å². The fraction of sp³-hybridized carbons (Fsp3) is 0.827. The molecule has 0 saturated heterocycles. The molecule has 1 atom stereocenters. The maximum absolute atomic E-state index is 12.9. The van der Waals surface area contributed by atoms with Gasteiger partial charge < -0.3 is 14.2 Å². The number of allylic oxidation sites excluding steroid dienone is 10. The molecule has 0 amide bonds. The van der Waals surface area contributed by atoms with Gasteiger partial charge in [0.2, 0.25) is 0 Å². The molecular weight excluding hydrogens is 997 g/mol. The van der Waals surface area contributed by atoms with E-state index in [1.807, 2.05) is 0 Å². The first-order valence-corrected chi connectivity index (χ1v) is 35.8. The summed E-state index contributed by atoms with van der Waals surface area (Å²) in [6.07, 6.45) is 89.9. The Morgan fingerprint density at radius 2 is 0.494 bits per heavy atom. The van der Waals surface area contributed by atoms with Crippen LogP contribution in [-0.4, -0.2) is 37.2 Å². The topological polar surface area (TPSA) is 78.9 Å². The fourth-order valence-corrected chi connectivity index (χ4v) is 10.7. The zero-order chi connectivity index (χ0) is 58.5. The van der Waals surface area contributed by atoms with E-state index in [1.54, 1.807) is 0 Å². The van der Waals surface area contributed by atoms with E-state index >= 15 is 0 Å². The van der Waals surface area contributed by atoms with Crippen molar-refractivity contribution >= 4 is 17.9 Å². The van der Waals surface area contributed by atoms with Crippen molar-refractivity contribution in [2.45, 2.75) is 386 Å². The van der Waals surface area contributed by atoms with Gasteiger partial charge in [-0.1, -0.05) is 345 Å². The van der Waals surface area contributed by atoms with Crippen LogP contribution in [0.1, 0.15) is 380 Å². The minimum absolute atomic E-state index is 0.0698. The van der Waals surface area contributed by atoms with Gasteiger partial charge in [0.1, 0.15) is 13.2 Å². The number of carbonyl (C=O) groups excluding carboxylic acids is 3. The highest BCUT2D eigenvalue weighted by molar-refractivity contribution is 5.71. The van der Waals surface area contributed by atoms with E-state index in [0.717, 1.165) is 89.9 Å². The zero-order valence-electron chi connectivity index (χ0n) is 54.3. The van der Waals surface area contributed by atoms with E-state index in [4.69, 9.17) is 14.2 Å². The predicted octanol–water partition coefficient (Wildman–Crippen LogP) is 24.7. The van der Waals surface area contributed by atoms with E-state index in [9.17, 15) is 14.4 Å². The number of unbranched alkanes of at least 4 members (excludes halogenated alkanes) is 45. The number of rotatable bonds is 66.